The molecule has 38 heavy (non-hydrogen) atoms. The fourth-order valence-corrected chi connectivity index (χ4v) is 14.2. The molecule has 10 aliphatic rings. The average molecular weight is 521 g/mol. The van der Waals surface area contributed by atoms with Crippen LogP contribution in [0.15, 0.2) is 0 Å². The number of nitrogens with zero attached hydrogens (tertiary/aromatic N) is 2. The first-order valence-electron chi connectivity index (χ1n) is 15.3. The largest absolute Gasteiger partial charge is 0.354 e. The Labute approximate surface area is 222 Å². The molecule has 0 bridgehead atoms. The first kappa shape index (κ1) is 22.0. The lowest BCUT2D eigenvalue weighted by atomic mass is 9.60. The molecule has 6 saturated carbocycles. The zero-order chi connectivity index (χ0) is 25.6. The van der Waals surface area contributed by atoms with Crippen LogP contribution in [0.3, 0.4) is 0 Å². The van der Waals surface area contributed by atoms with E-state index in [-0.39, 0.29) is 46.7 Å². The van der Waals surface area contributed by atoms with Crippen molar-refractivity contribution in [2.45, 2.75) is 89.9 Å². The van der Waals surface area contributed by atoms with E-state index >= 15 is 0 Å². The van der Waals surface area contributed by atoms with Gasteiger partial charge in [-0.2, -0.15) is 0 Å². The molecule has 16 atom stereocenters. The Hall–Kier alpha value is -1.80. The zero-order valence-corrected chi connectivity index (χ0v) is 22.1. The van der Waals surface area contributed by atoms with Gasteiger partial charge in [-0.1, -0.05) is 13.8 Å². The van der Waals surface area contributed by atoms with E-state index in [9.17, 15) is 19.2 Å². The summed E-state index contributed by atoms with van der Waals surface area (Å²) in [5.41, 5.74) is -0.479. The molecule has 10 fully saturated rings. The minimum atomic E-state index is -0.451. The van der Waals surface area contributed by atoms with E-state index in [1.807, 2.05) is 0 Å². The summed E-state index contributed by atoms with van der Waals surface area (Å²) in [6.07, 6.45) is 4.59. The molecule has 4 aliphatic heterocycles. The van der Waals surface area contributed by atoms with Crippen LogP contribution in [0.4, 0.5) is 0 Å². The summed E-state index contributed by atoms with van der Waals surface area (Å²) in [7, 11) is 0. The summed E-state index contributed by atoms with van der Waals surface area (Å²) < 4.78 is 14.0. The number of fused-ring (bicyclic) bond motifs is 4. The molecule has 202 valence electrons. The highest BCUT2D eigenvalue weighted by Gasteiger charge is 2.88. The molecule has 4 amide bonds. The van der Waals surface area contributed by atoms with Crippen LogP contribution >= 0.6 is 0 Å². The minimum absolute atomic E-state index is 0.0557. The molecule has 0 N–H and O–H groups in total. The standard InChI is InChI=1S/C30H36N2O6/c1-29-23-11-3-5-14-20(11)26-21(23)22-24(30(26,2)28(38-14)32-17(35)9-10-18(32)36)12-4-6-13(19(12)25(22)29)37-27(29)31-15(33)7-8-16(31)34/h11-14,19-28H,3-10H2,1-2H3/t11-,12-,13+,14+,19-,20+,21+,22-,23-,24-,25-,26+,27+,28-,29-,30-/m1/s1. The highest BCUT2D eigenvalue weighted by atomic mass is 16.5. The molecule has 6 aliphatic carbocycles. The third-order valence-corrected chi connectivity index (χ3v) is 14.5. The van der Waals surface area contributed by atoms with Crippen LogP contribution in [0.25, 0.3) is 0 Å². The minimum Gasteiger partial charge on any atom is -0.354 e. The number of amides is 4. The van der Waals surface area contributed by atoms with E-state index in [4.69, 9.17) is 9.47 Å². The Balaban J connectivity index is 1.19. The molecule has 0 radical (unpaired) electrons. The summed E-state index contributed by atoms with van der Waals surface area (Å²) >= 11 is 0. The molecule has 8 nitrogen and oxygen atoms in total. The van der Waals surface area contributed by atoms with Crippen molar-refractivity contribution in [3.05, 3.63) is 0 Å². The van der Waals surface area contributed by atoms with Gasteiger partial charge in [0.25, 0.3) is 0 Å². The van der Waals surface area contributed by atoms with Crippen LogP contribution in [0, 0.1) is 70.0 Å². The van der Waals surface area contributed by atoms with E-state index in [0.717, 1.165) is 25.7 Å². The van der Waals surface area contributed by atoms with Gasteiger partial charge in [0.1, 0.15) is 12.5 Å². The van der Waals surface area contributed by atoms with Crippen molar-refractivity contribution in [1.29, 1.82) is 0 Å². The molecule has 0 aromatic heterocycles. The van der Waals surface area contributed by atoms with Gasteiger partial charge in [0.15, 0.2) is 0 Å². The Kier molecular flexibility index (Phi) is 3.70. The average Bonchev–Trinajstić information content (AvgIpc) is 3.70. The smallest absolute Gasteiger partial charge is 0.231 e. The summed E-state index contributed by atoms with van der Waals surface area (Å²) in [6.45, 7) is 4.79. The predicted octanol–water partition coefficient (Wildman–Crippen LogP) is 2.55. The number of ether oxygens (including phenoxy) is 2. The quantitative estimate of drug-likeness (QED) is 0.520. The van der Waals surface area contributed by atoms with Crippen molar-refractivity contribution in [1.82, 2.24) is 9.80 Å². The molecule has 0 aromatic carbocycles. The first-order valence-corrected chi connectivity index (χ1v) is 15.3. The normalized spacial score (nSPS) is 62.3. The maximum atomic E-state index is 13.1. The molecule has 4 heterocycles. The van der Waals surface area contributed by atoms with Crippen molar-refractivity contribution < 1.29 is 28.7 Å². The Morgan fingerprint density at radius 2 is 0.921 bits per heavy atom. The van der Waals surface area contributed by atoms with Crippen molar-refractivity contribution in [3.63, 3.8) is 0 Å². The van der Waals surface area contributed by atoms with Crippen LogP contribution in [-0.4, -0.2) is 58.1 Å². The second-order valence-electron chi connectivity index (χ2n) is 15.0. The number of hydrogen-bond acceptors (Lipinski definition) is 6. The number of likely N-dealkylation sites (tertiary alicyclic amines) is 2. The molecule has 0 unspecified atom stereocenters. The molecule has 4 saturated heterocycles. The van der Waals surface area contributed by atoms with Crippen LogP contribution in [0.1, 0.15) is 65.2 Å². The van der Waals surface area contributed by atoms with E-state index < -0.39 is 12.5 Å². The van der Waals surface area contributed by atoms with Crippen molar-refractivity contribution in [3.8, 4) is 0 Å². The van der Waals surface area contributed by atoms with Gasteiger partial charge in [-0.25, -0.2) is 0 Å². The molecule has 0 aromatic rings. The van der Waals surface area contributed by atoms with Crippen molar-refractivity contribution in [2.75, 3.05) is 0 Å². The maximum absolute atomic E-state index is 13.1. The summed E-state index contributed by atoms with van der Waals surface area (Å²) in [5.74, 6) is 4.27. The monoisotopic (exact) mass is 520 g/mol. The van der Waals surface area contributed by atoms with Gasteiger partial charge >= 0.3 is 0 Å². The van der Waals surface area contributed by atoms with Gasteiger partial charge < -0.3 is 9.47 Å². The predicted molar refractivity (Wildman–Crippen MR) is 129 cm³/mol. The van der Waals surface area contributed by atoms with E-state index in [0.29, 0.717) is 84.9 Å². The summed E-state index contributed by atoms with van der Waals surface area (Å²) in [6, 6.07) is 0. The van der Waals surface area contributed by atoms with Gasteiger partial charge in [-0.05, 0) is 84.9 Å². The van der Waals surface area contributed by atoms with E-state index in [2.05, 4.69) is 13.8 Å². The van der Waals surface area contributed by atoms with Gasteiger partial charge in [0.05, 0.1) is 12.2 Å². The second kappa shape index (κ2) is 6.40. The first-order chi connectivity index (χ1) is 18.3. The fraction of sp³-hybridized carbons (Fsp3) is 0.867. The van der Waals surface area contributed by atoms with Crippen LogP contribution < -0.4 is 0 Å². The van der Waals surface area contributed by atoms with Crippen LogP contribution in [0.5, 0.6) is 0 Å². The third-order valence-electron chi connectivity index (χ3n) is 14.5. The van der Waals surface area contributed by atoms with Crippen molar-refractivity contribution >= 4 is 23.6 Å². The number of carbonyl (C=O) groups is 4. The molecule has 0 spiro atoms. The molecule has 8 heteroatoms. The van der Waals surface area contributed by atoms with Crippen molar-refractivity contribution in [2.24, 2.45) is 70.0 Å². The van der Waals surface area contributed by atoms with E-state index in [1.165, 1.54) is 0 Å². The topological polar surface area (TPSA) is 93.2 Å². The Morgan fingerprint density at radius 1 is 0.553 bits per heavy atom. The van der Waals surface area contributed by atoms with Gasteiger partial charge in [0.2, 0.25) is 23.6 Å². The van der Waals surface area contributed by atoms with Gasteiger partial charge in [-0.15, -0.1) is 0 Å². The Bertz CT molecular complexity index is 1120. The highest BCUT2D eigenvalue weighted by molar-refractivity contribution is 6.02. The molecular formula is C30H36N2O6. The van der Waals surface area contributed by atoms with Gasteiger partial charge in [0, 0.05) is 36.5 Å². The molecular weight excluding hydrogens is 484 g/mol. The number of imide groups is 2. The lowest BCUT2D eigenvalue weighted by molar-refractivity contribution is -0.241. The maximum Gasteiger partial charge on any atom is 0.231 e. The fourth-order valence-electron chi connectivity index (χ4n) is 14.2. The number of hydrogen-bond donors (Lipinski definition) is 0. The lowest BCUT2D eigenvalue weighted by Crippen LogP contribution is -2.62. The number of carbonyl (C=O) groups excluding carboxylic acids is 4. The van der Waals surface area contributed by atoms with Gasteiger partial charge in [-0.3, -0.25) is 29.0 Å². The number of rotatable bonds is 2. The highest BCUT2D eigenvalue weighted by Crippen LogP contribution is 2.88. The Morgan fingerprint density at radius 3 is 1.29 bits per heavy atom. The zero-order valence-electron chi connectivity index (χ0n) is 22.1. The summed E-state index contributed by atoms with van der Waals surface area (Å²) in [4.78, 5) is 55.7. The lowest BCUT2D eigenvalue weighted by Gasteiger charge is -2.55. The third kappa shape index (κ3) is 1.97. The summed E-state index contributed by atoms with van der Waals surface area (Å²) in [5, 5.41) is 0. The van der Waals surface area contributed by atoms with E-state index in [1.54, 1.807) is 9.80 Å². The SMILES string of the molecule is C[C@@]12[C@H]3[C@@H]4[C@@H]5[C@@H]6[C@H]7[C@@H](CC[C@@H]7O[C@@H](N7C(=O)CCC7=O)[C@]6(C)[C@@H]4[C@@H]4CC[C@H](O[C@@H]1N1C(=O)CCC1=O)[C@@H]43)[C@H]52. The second-order valence-corrected chi connectivity index (χ2v) is 15.0. The molecule has 10 rings (SSSR count). The van der Waals surface area contributed by atoms with Crippen LogP contribution in [-0.2, 0) is 28.7 Å². The van der Waals surface area contributed by atoms with Crippen LogP contribution in [0.2, 0.25) is 0 Å².